The third-order valence-electron chi connectivity index (χ3n) is 2.92. The Bertz CT molecular complexity index is 367. The highest BCUT2D eigenvalue weighted by molar-refractivity contribution is 5.72. The zero-order valence-corrected chi connectivity index (χ0v) is 8.47. The summed E-state index contributed by atoms with van der Waals surface area (Å²) in [4.78, 5) is 11.1. The van der Waals surface area contributed by atoms with E-state index >= 15 is 0 Å². The zero-order valence-electron chi connectivity index (χ0n) is 8.47. The molecule has 0 aromatic heterocycles. The maximum atomic E-state index is 11.1. The van der Waals surface area contributed by atoms with Crippen molar-refractivity contribution < 1.29 is 9.90 Å². The third-order valence-corrected chi connectivity index (χ3v) is 2.92. The first-order valence-corrected chi connectivity index (χ1v) is 5.23. The van der Waals surface area contributed by atoms with Crippen LogP contribution in [0.4, 0.5) is 0 Å². The van der Waals surface area contributed by atoms with Crippen molar-refractivity contribution in [2.24, 2.45) is 5.92 Å². The molecule has 0 saturated heterocycles. The smallest absolute Gasteiger partial charge is 0.307 e. The van der Waals surface area contributed by atoms with Crippen LogP contribution in [0.25, 0.3) is 0 Å². The first-order chi connectivity index (χ1) is 7.29. The van der Waals surface area contributed by atoms with Crippen LogP contribution < -0.4 is 0 Å². The highest BCUT2D eigenvalue weighted by Gasteiger charge is 2.28. The molecule has 1 aromatic rings. The molecule has 0 saturated carbocycles. The summed E-state index contributed by atoms with van der Waals surface area (Å²) in [5.41, 5.74) is 1.10. The Balaban J connectivity index is 2.29. The van der Waals surface area contributed by atoms with Gasteiger partial charge in [-0.15, -0.1) is 0 Å². The molecule has 2 nitrogen and oxygen atoms in total. The third kappa shape index (κ3) is 2.09. The maximum Gasteiger partial charge on any atom is 0.307 e. The van der Waals surface area contributed by atoms with Crippen LogP contribution in [-0.2, 0) is 4.79 Å². The van der Waals surface area contributed by atoms with E-state index in [1.54, 1.807) is 0 Å². The molecule has 0 heterocycles. The van der Waals surface area contributed by atoms with Crippen LogP contribution in [-0.4, -0.2) is 11.1 Å². The van der Waals surface area contributed by atoms with Gasteiger partial charge in [-0.1, -0.05) is 42.5 Å². The van der Waals surface area contributed by atoms with Crippen LogP contribution in [0.5, 0.6) is 0 Å². The van der Waals surface area contributed by atoms with Crippen LogP contribution in [0.1, 0.15) is 24.3 Å². The van der Waals surface area contributed by atoms with Gasteiger partial charge in [0.2, 0.25) is 0 Å². The average molecular weight is 202 g/mol. The van der Waals surface area contributed by atoms with E-state index in [0.29, 0.717) is 0 Å². The number of hydrogen-bond acceptors (Lipinski definition) is 1. The van der Waals surface area contributed by atoms with E-state index in [2.05, 4.69) is 6.08 Å². The average Bonchev–Trinajstić information content (AvgIpc) is 2.30. The second-order valence-corrected chi connectivity index (χ2v) is 3.89. The summed E-state index contributed by atoms with van der Waals surface area (Å²) in [7, 11) is 0. The van der Waals surface area contributed by atoms with E-state index in [0.717, 1.165) is 18.4 Å². The van der Waals surface area contributed by atoms with Crippen LogP contribution in [0.2, 0.25) is 0 Å². The second kappa shape index (κ2) is 4.30. The second-order valence-electron chi connectivity index (χ2n) is 3.89. The van der Waals surface area contributed by atoms with Crippen molar-refractivity contribution in [1.29, 1.82) is 0 Å². The maximum absolute atomic E-state index is 11.1. The normalized spacial score (nSPS) is 25.1. The van der Waals surface area contributed by atoms with E-state index in [9.17, 15) is 4.79 Å². The number of carboxylic acid groups (broad SMARTS) is 1. The summed E-state index contributed by atoms with van der Waals surface area (Å²) in [6, 6.07) is 9.85. The van der Waals surface area contributed by atoms with Gasteiger partial charge in [-0.05, 0) is 18.4 Å². The van der Waals surface area contributed by atoms with Crippen molar-refractivity contribution in [2.75, 3.05) is 0 Å². The monoisotopic (exact) mass is 202 g/mol. The van der Waals surface area contributed by atoms with Gasteiger partial charge in [0, 0.05) is 5.92 Å². The fourth-order valence-electron chi connectivity index (χ4n) is 2.13. The van der Waals surface area contributed by atoms with Gasteiger partial charge in [-0.25, -0.2) is 0 Å². The Hall–Kier alpha value is -1.57. The van der Waals surface area contributed by atoms with Crippen molar-refractivity contribution in [1.82, 2.24) is 0 Å². The number of allylic oxidation sites excluding steroid dienone is 2. The molecular weight excluding hydrogens is 188 g/mol. The molecule has 1 aromatic carbocycles. The summed E-state index contributed by atoms with van der Waals surface area (Å²) in [6.07, 6.45) is 5.72. The minimum atomic E-state index is -0.687. The van der Waals surface area contributed by atoms with Crippen LogP contribution in [0, 0.1) is 5.92 Å². The summed E-state index contributed by atoms with van der Waals surface area (Å²) < 4.78 is 0. The molecule has 1 aliphatic rings. The highest BCUT2D eigenvalue weighted by Crippen LogP contribution is 2.33. The minimum absolute atomic E-state index is 0.0393. The Morgan fingerprint density at radius 1 is 1.27 bits per heavy atom. The molecule has 0 fully saturated rings. The molecule has 0 bridgehead atoms. The molecule has 0 aliphatic heterocycles. The lowest BCUT2D eigenvalue weighted by molar-refractivity contribution is -0.142. The van der Waals surface area contributed by atoms with Gasteiger partial charge in [-0.2, -0.15) is 0 Å². The topological polar surface area (TPSA) is 37.3 Å². The van der Waals surface area contributed by atoms with Gasteiger partial charge in [0.1, 0.15) is 0 Å². The summed E-state index contributed by atoms with van der Waals surface area (Å²) >= 11 is 0. The summed E-state index contributed by atoms with van der Waals surface area (Å²) in [5, 5.41) is 9.14. The lowest BCUT2D eigenvalue weighted by atomic mass is 9.80. The number of benzene rings is 1. The number of carboxylic acids is 1. The van der Waals surface area contributed by atoms with Gasteiger partial charge in [0.25, 0.3) is 0 Å². The highest BCUT2D eigenvalue weighted by atomic mass is 16.4. The molecule has 2 heteroatoms. The van der Waals surface area contributed by atoms with E-state index in [1.165, 1.54) is 0 Å². The van der Waals surface area contributed by atoms with Crippen molar-refractivity contribution >= 4 is 5.97 Å². The first kappa shape index (κ1) is 9.97. The Labute approximate surface area is 89.2 Å². The van der Waals surface area contributed by atoms with Gasteiger partial charge >= 0.3 is 5.97 Å². The van der Waals surface area contributed by atoms with Gasteiger partial charge in [-0.3, -0.25) is 4.79 Å². The van der Waals surface area contributed by atoms with E-state index in [1.807, 2.05) is 36.4 Å². The Morgan fingerprint density at radius 2 is 2.00 bits per heavy atom. The van der Waals surface area contributed by atoms with E-state index < -0.39 is 5.97 Å². The molecule has 0 radical (unpaired) electrons. The van der Waals surface area contributed by atoms with Gasteiger partial charge < -0.3 is 5.11 Å². The quantitative estimate of drug-likeness (QED) is 0.749. The number of aliphatic carboxylic acids is 1. The lowest BCUT2D eigenvalue weighted by Crippen LogP contribution is -2.22. The standard InChI is InChI=1S/C13H14O2/c14-13(15)12-9-5-4-8-11(12)10-6-2-1-3-7-10/h1-4,6-8,11-12H,5,9H2,(H,14,15)/t11?,12-/m1/s1. The molecular formula is C13H14O2. The van der Waals surface area contributed by atoms with Crippen LogP contribution in [0.15, 0.2) is 42.5 Å². The molecule has 15 heavy (non-hydrogen) atoms. The molecule has 2 rings (SSSR count). The number of carbonyl (C=O) groups is 1. The largest absolute Gasteiger partial charge is 0.481 e. The fraction of sp³-hybridized carbons (Fsp3) is 0.308. The molecule has 1 unspecified atom stereocenters. The lowest BCUT2D eigenvalue weighted by Gasteiger charge is -2.24. The Morgan fingerprint density at radius 3 is 2.67 bits per heavy atom. The SMILES string of the molecule is O=C(O)[C@@H]1CCC=CC1c1ccccc1. The fourth-order valence-corrected chi connectivity index (χ4v) is 2.13. The molecule has 78 valence electrons. The van der Waals surface area contributed by atoms with Crippen LogP contribution in [0.3, 0.4) is 0 Å². The van der Waals surface area contributed by atoms with E-state index in [-0.39, 0.29) is 11.8 Å². The zero-order chi connectivity index (χ0) is 10.7. The number of rotatable bonds is 2. The predicted octanol–water partition coefficient (Wildman–Crippen LogP) is 2.82. The van der Waals surface area contributed by atoms with Crippen molar-refractivity contribution in [3.8, 4) is 0 Å². The van der Waals surface area contributed by atoms with Crippen LogP contribution >= 0.6 is 0 Å². The van der Waals surface area contributed by atoms with Crippen molar-refractivity contribution in [2.45, 2.75) is 18.8 Å². The van der Waals surface area contributed by atoms with Crippen molar-refractivity contribution in [3.05, 3.63) is 48.0 Å². The van der Waals surface area contributed by atoms with E-state index in [4.69, 9.17) is 5.11 Å². The molecule has 1 N–H and O–H groups in total. The van der Waals surface area contributed by atoms with Crippen molar-refractivity contribution in [3.63, 3.8) is 0 Å². The summed E-state index contributed by atoms with van der Waals surface area (Å²) in [5.74, 6) is -0.914. The van der Waals surface area contributed by atoms with Gasteiger partial charge in [0.15, 0.2) is 0 Å². The first-order valence-electron chi connectivity index (χ1n) is 5.23. The predicted molar refractivity (Wildman–Crippen MR) is 58.7 cm³/mol. The molecule has 0 spiro atoms. The molecule has 2 atom stereocenters. The molecule has 0 amide bonds. The number of hydrogen-bond donors (Lipinski definition) is 1. The van der Waals surface area contributed by atoms with Gasteiger partial charge in [0.05, 0.1) is 5.92 Å². The Kier molecular flexibility index (Phi) is 2.86. The summed E-state index contributed by atoms with van der Waals surface area (Å²) in [6.45, 7) is 0. The molecule has 1 aliphatic carbocycles. The minimum Gasteiger partial charge on any atom is -0.481 e.